The average Bonchev–Trinajstić information content (AvgIpc) is 2.70. The van der Waals surface area contributed by atoms with Crippen LogP contribution in [-0.2, 0) is 16.0 Å². The summed E-state index contributed by atoms with van der Waals surface area (Å²) in [6, 6.07) is 14.0. The molecule has 6 heteroatoms. The predicted molar refractivity (Wildman–Crippen MR) is 102 cm³/mol. The molecule has 1 N–H and O–H groups in total. The Bertz CT molecular complexity index is 796. The fourth-order valence-corrected chi connectivity index (χ4v) is 2.51. The van der Waals surface area contributed by atoms with Gasteiger partial charge in [-0.1, -0.05) is 31.2 Å². The summed E-state index contributed by atoms with van der Waals surface area (Å²) >= 11 is 0. The Morgan fingerprint density at radius 2 is 1.59 bits per heavy atom. The molecule has 1 amide bonds. The van der Waals surface area contributed by atoms with E-state index >= 15 is 0 Å². The summed E-state index contributed by atoms with van der Waals surface area (Å²) in [6.07, 6.45) is 1.18. The number of ether oxygens (including phenoxy) is 1. The molecule has 0 unspecified atom stereocenters. The van der Waals surface area contributed by atoms with Gasteiger partial charge in [0.25, 0.3) is 0 Å². The number of anilines is 1. The highest BCUT2D eigenvalue weighted by molar-refractivity contribution is 6.00. The summed E-state index contributed by atoms with van der Waals surface area (Å²) in [4.78, 5) is 36.5. The highest BCUT2D eigenvalue weighted by Crippen LogP contribution is 2.19. The molecule has 0 aromatic heterocycles. The minimum Gasteiger partial charge on any atom is -0.482 e. The zero-order chi connectivity index (χ0) is 19.8. The molecule has 0 spiro atoms. The van der Waals surface area contributed by atoms with Crippen LogP contribution in [0.3, 0.4) is 0 Å². The first-order valence-electron chi connectivity index (χ1n) is 8.74. The van der Waals surface area contributed by atoms with Crippen molar-refractivity contribution in [2.45, 2.75) is 26.2 Å². The molecule has 0 bridgehead atoms. The lowest BCUT2D eigenvalue weighted by Crippen LogP contribution is -2.26. The lowest BCUT2D eigenvalue weighted by Gasteiger charge is -2.17. The second-order valence-electron chi connectivity index (χ2n) is 6.10. The minimum absolute atomic E-state index is 0.0585. The third-order valence-corrected chi connectivity index (χ3v) is 4.21. The van der Waals surface area contributed by atoms with E-state index in [0.717, 1.165) is 12.0 Å². The number of Topliss-reactive ketones (excluding diaryl/α,β-unsaturated/α-hetero) is 1. The van der Waals surface area contributed by atoms with Gasteiger partial charge in [-0.25, -0.2) is 4.79 Å². The topological polar surface area (TPSA) is 83.9 Å². The second kappa shape index (κ2) is 9.52. The van der Waals surface area contributed by atoms with Gasteiger partial charge < -0.3 is 14.7 Å². The van der Waals surface area contributed by atoms with Crippen molar-refractivity contribution in [3.8, 4) is 5.75 Å². The predicted octanol–water partition coefficient (Wildman–Crippen LogP) is 3.34. The van der Waals surface area contributed by atoms with E-state index in [1.54, 1.807) is 43.4 Å². The molecule has 2 rings (SSSR count). The summed E-state index contributed by atoms with van der Waals surface area (Å²) in [6.45, 7) is 1.63. The largest absolute Gasteiger partial charge is 0.482 e. The van der Waals surface area contributed by atoms with Crippen molar-refractivity contribution < 1.29 is 24.2 Å². The number of carbonyl (C=O) groups excluding carboxylic acids is 2. The zero-order valence-corrected chi connectivity index (χ0v) is 15.5. The SMILES string of the molecule is CCc1ccc(C(=O)CCC(=O)N(C)c2ccc(OCC(=O)O)cc2)cc1. The third-order valence-electron chi connectivity index (χ3n) is 4.21. The van der Waals surface area contributed by atoms with E-state index in [0.29, 0.717) is 17.0 Å². The summed E-state index contributed by atoms with van der Waals surface area (Å²) in [5, 5.41) is 8.60. The average molecular weight is 369 g/mol. The zero-order valence-electron chi connectivity index (χ0n) is 15.5. The maximum Gasteiger partial charge on any atom is 0.341 e. The first-order valence-corrected chi connectivity index (χ1v) is 8.74. The Morgan fingerprint density at radius 3 is 2.15 bits per heavy atom. The Labute approximate surface area is 158 Å². The molecule has 0 atom stereocenters. The highest BCUT2D eigenvalue weighted by Gasteiger charge is 2.14. The summed E-state index contributed by atoms with van der Waals surface area (Å²) in [7, 11) is 1.63. The molecule has 6 nitrogen and oxygen atoms in total. The Kier molecular flexibility index (Phi) is 7.11. The van der Waals surface area contributed by atoms with E-state index < -0.39 is 12.6 Å². The molecular formula is C21H23NO5. The number of benzene rings is 2. The quantitative estimate of drug-likeness (QED) is 0.686. The molecule has 0 aliphatic rings. The number of nitrogens with zero attached hydrogens (tertiary/aromatic N) is 1. The van der Waals surface area contributed by atoms with Gasteiger partial charge in [0.05, 0.1) is 0 Å². The first kappa shape index (κ1) is 20.2. The van der Waals surface area contributed by atoms with E-state index in [1.165, 1.54) is 4.90 Å². The molecule has 2 aromatic rings. The van der Waals surface area contributed by atoms with Gasteiger partial charge in [-0.15, -0.1) is 0 Å². The van der Waals surface area contributed by atoms with Gasteiger partial charge in [0, 0.05) is 31.1 Å². The molecule has 0 fully saturated rings. The van der Waals surface area contributed by atoms with Crippen molar-refractivity contribution in [2.24, 2.45) is 0 Å². The molecular weight excluding hydrogens is 346 g/mol. The smallest absolute Gasteiger partial charge is 0.341 e. The minimum atomic E-state index is -1.06. The number of aliphatic carboxylic acids is 1. The van der Waals surface area contributed by atoms with Gasteiger partial charge in [0.1, 0.15) is 5.75 Å². The van der Waals surface area contributed by atoms with E-state index in [2.05, 4.69) is 6.92 Å². The Balaban J connectivity index is 1.88. The van der Waals surface area contributed by atoms with Crippen molar-refractivity contribution >= 4 is 23.3 Å². The molecule has 142 valence electrons. The van der Waals surface area contributed by atoms with Crippen molar-refractivity contribution in [1.82, 2.24) is 0 Å². The lowest BCUT2D eigenvalue weighted by atomic mass is 10.0. The number of hydrogen-bond acceptors (Lipinski definition) is 4. The number of amides is 1. The van der Waals surface area contributed by atoms with Crippen LogP contribution < -0.4 is 9.64 Å². The van der Waals surface area contributed by atoms with Crippen LogP contribution in [-0.4, -0.2) is 36.4 Å². The van der Waals surface area contributed by atoms with Crippen LogP contribution >= 0.6 is 0 Å². The summed E-state index contributed by atoms with van der Waals surface area (Å²) in [5.74, 6) is -0.877. The third kappa shape index (κ3) is 5.95. The normalized spacial score (nSPS) is 10.3. The van der Waals surface area contributed by atoms with Crippen molar-refractivity contribution in [3.05, 3.63) is 59.7 Å². The van der Waals surface area contributed by atoms with Crippen LogP contribution in [0.25, 0.3) is 0 Å². The van der Waals surface area contributed by atoms with Crippen LogP contribution in [0.1, 0.15) is 35.7 Å². The molecule has 27 heavy (non-hydrogen) atoms. The maximum absolute atomic E-state index is 12.3. The van der Waals surface area contributed by atoms with E-state index in [4.69, 9.17) is 9.84 Å². The maximum atomic E-state index is 12.3. The number of hydrogen-bond donors (Lipinski definition) is 1. The molecule has 0 heterocycles. The standard InChI is InChI=1S/C21H23NO5/c1-3-15-4-6-16(7-5-15)19(23)12-13-20(24)22(2)17-8-10-18(11-9-17)27-14-21(25)26/h4-11H,3,12-14H2,1-2H3,(H,25,26). The number of carboxylic acid groups (broad SMARTS) is 1. The van der Waals surface area contributed by atoms with Gasteiger partial charge in [-0.3, -0.25) is 9.59 Å². The van der Waals surface area contributed by atoms with Gasteiger partial charge in [-0.05, 0) is 36.2 Å². The number of ketones is 1. The van der Waals surface area contributed by atoms with Gasteiger partial charge in [-0.2, -0.15) is 0 Å². The molecule has 0 aliphatic carbocycles. The van der Waals surface area contributed by atoms with Crippen LogP contribution in [0, 0.1) is 0 Å². The van der Waals surface area contributed by atoms with E-state index in [9.17, 15) is 14.4 Å². The highest BCUT2D eigenvalue weighted by atomic mass is 16.5. The Morgan fingerprint density at radius 1 is 0.963 bits per heavy atom. The molecule has 0 saturated carbocycles. The van der Waals surface area contributed by atoms with Crippen LogP contribution in [0.2, 0.25) is 0 Å². The fourth-order valence-electron chi connectivity index (χ4n) is 2.51. The van der Waals surface area contributed by atoms with Gasteiger partial charge in [0.2, 0.25) is 5.91 Å². The van der Waals surface area contributed by atoms with Gasteiger partial charge >= 0.3 is 5.97 Å². The van der Waals surface area contributed by atoms with E-state index in [1.807, 2.05) is 12.1 Å². The monoisotopic (exact) mass is 369 g/mol. The van der Waals surface area contributed by atoms with Crippen LogP contribution in [0.5, 0.6) is 5.75 Å². The number of carbonyl (C=O) groups is 3. The molecule has 0 aliphatic heterocycles. The molecule has 2 aromatic carbocycles. The second-order valence-corrected chi connectivity index (χ2v) is 6.10. The van der Waals surface area contributed by atoms with Crippen molar-refractivity contribution in [3.63, 3.8) is 0 Å². The van der Waals surface area contributed by atoms with Crippen molar-refractivity contribution in [1.29, 1.82) is 0 Å². The number of aryl methyl sites for hydroxylation is 1. The molecule has 0 saturated heterocycles. The van der Waals surface area contributed by atoms with Crippen molar-refractivity contribution in [2.75, 3.05) is 18.6 Å². The van der Waals surface area contributed by atoms with E-state index in [-0.39, 0.29) is 24.5 Å². The number of carboxylic acids is 1. The molecule has 0 radical (unpaired) electrons. The lowest BCUT2D eigenvalue weighted by molar-refractivity contribution is -0.139. The number of rotatable bonds is 9. The summed E-state index contributed by atoms with van der Waals surface area (Å²) < 4.78 is 5.06. The van der Waals surface area contributed by atoms with Crippen LogP contribution in [0.4, 0.5) is 5.69 Å². The first-order chi connectivity index (χ1) is 12.9. The summed E-state index contributed by atoms with van der Waals surface area (Å²) in [5.41, 5.74) is 2.42. The van der Waals surface area contributed by atoms with Gasteiger partial charge in [0.15, 0.2) is 12.4 Å². The fraction of sp³-hybridized carbons (Fsp3) is 0.286. The Hall–Kier alpha value is -3.15. The van der Waals surface area contributed by atoms with Crippen LogP contribution in [0.15, 0.2) is 48.5 Å².